The molecule has 4 rings (SSSR count). The van der Waals surface area contributed by atoms with Crippen LogP contribution in [0.5, 0.6) is 5.75 Å². The van der Waals surface area contributed by atoms with Crippen molar-refractivity contribution in [2.24, 2.45) is 0 Å². The highest BCUT2D eigenvalue weighted by Gasteiger charge is 2.26. The number of urea groups is 1. The van der Waals surface area contributed by atoms with Gasteiger partial charge in [0.2, 0.25) is 0 Å². The number of thiazole rings is 1. The molecule has 0 radical (unpaired) electrons. The van der Waals surface area contributed by atoms with Gasteiger partial charge in [-0.15, -0.1) is 11.3 Å². The van der Waals surface area contributed by atoms with Crippen LogP contribution in [0.25, 0.3) is 0 Å². The van der Waals surface area contributed by atoms with E-state index < -0.39 is 11.8 Å². The van der Waals surface area contributed by atoms with Gasteiger partial charge in [0.1, 0.15) is 11.4 Å². The first kappa shape index (κ1) is 25.7. The van der Waals surface area contributed by atoms with E-state index in [-0.39, 0.29) is 17.6 Å². The fourth-order valence-corrected chi connectivity index (χ4v) is 5.53. The Morgan fingerprint density at radius 2 is 1.89 bits per heavy atom. The summed E-state index contributed by atoms with van der Waals surface area (Å²) in [7, 11) is 1.48. The van der Waals surface area contributed by atoms with E-state index in [0.29, 0.717) is 30.9 Å². The number of nitrogens with one attached hydrogen (secondary N) is 3. The van der Waals surface area contributed by atoms with Crippen molar-refractivity contribution < 1.29 is 19.1 Å². The number of carbonyl (C=O) groups excluding carboxylic acids is 3. The zero-order valence-corrected chi connectivity index (χ0v) is 21.4. The number of allylic oxidation sites excluding steroid dienone is 1. The molecular weight excluding hydrogens is 478 g/mol. The molecule has 1 aliphatic carbocycles. The Bertz CT molecular complexity index is 1110. The zero-order valence-electron chi connectivity index (χ0n) is 20.5. The van der Waals surface area contributed by atoms with Gasteiger partial charge in [-0.2, -0.15) is 0 Å². The molecule has 0 saturated carbocycles. The van der Waals surface area contributed by atoms with Gasteiger partial charge in [-0.25, -0.2) is 9.78 Å². The normalized spacial score (nSPS) is 16.1. The van der Waals surface area contributed by atoms with Crippen molar-refractivity contribution in [3.05, 3.63) is 57.6 Å². The summed E-state index contributed by atoms with van der Waals surface area (Å²) in [5.74, 6) is -0.332. The molecular formula is C26H33N5O4S. The number of benzene rings is 1. The Hall–Kier alpha value is -3.40. The van der Waals surface area contributed by atoms with Crippen LogP contribution in [-0.2, 0) is 0 Å². The predicted molar refractivity (Wildman–Crippen MR) is 138 cm³/mol. The lowest BCUT2D eigenvalue weighted by molar-refractivity contribution is 0.0842. The molecule has 2 aromatic rings. The van der Waals surface area contributed by atoms with Crippen molar-refractivity contribution in [2.75, 3.05) is 26.7 Å². The first-order chi connectivity index (χ1) is 17.5. The third-order valence-corrected chi connectivity index (χ3v) is 7.64. The number of hydrogen-bond donors (Lipinski definition) is 3. The maximum atomic E-state index is 12.5. The monoisotopic (exact) mass is 511 g/mol. The molecule has 4 amide bonds. The number of methoxy groups -OCH3 is 1. The van der Waals surface area contributed by atoms with E-state index >= 15 is 0 Å². The molecule has 1 aromatic carbocycles. The lowest BCUT2D eigenvalue weighted by Crippen LogP contribution is -2.44. The number of amides is 4. The molecule has 2 heterocycles. The summed E-state index contributed by atoms with van der Waals surface area (Å²) < 4.78 is 5.18. The molecule has 36 heavy (non-hydrogen) atoms. The molecule has 0 bridgehead atoms. The second-order valence-electron chi connectivity index (χ2n) is 9.03. The first-order valence-electron chi connectivity index (χ1n) is 12.4. The summed E-state index contributed by atoms with van der Waals surface area (Å²) >= 11 is 1.43. The van der Waals surface area contributed by atoms with Crippen molar-refractivity contribution in [2.45, 2.75) is 50.9 Å². The fourth-order valence-electron chi connectivity index (χ4n) is 4.56. The van der Waals surface area contributed by atoms with Crippen molar-refractivity contribution in [3.63, 3.8) is 0 Å². The molecule has 1 aliphatic heterocycles. The molecule has 1 fully saturated rings. The Morgan fingerprint density at radius 3 is 2.64 bits per heavy atom. The highest BCUT2D eigenvalue weighted by atomic mass is 32.1. The minimum Gasteiger partial charge on any atom is -0.496 e. The van der Waals surface area contributed by atoms with E-state index in [2.05, 4.69) is 27.2 Å². The number of hydrazine groups is 1. The summed E-state index contributed by atoms with van der Waals surface area (Å²) in [4.78, 5) is 43.8. The van der Waals surface area contributed by atoms with Crippen LogP contribution in [0.3, 0.4) is 0 Å². The average molecular weight is 512 g/mol. The number of nitrogens with zero attached hydrogens (tertiary/aromatic N) is 2. The SMILES string of the molecule is COc1ccccc1C(=O)NNC(=O)c1csc(C2CCN(C(=O)NCCC3=CCCCC3)CC2)n1. The van der Waals surface area contributed by atoms with Crippen molar-refractivity contribution in [1.82, 2.24) is 26.1 Å². The molecule has 1 aromatic heterocycles. The summed E-state index contributed by atoms with van der Waals surface area (Å²) in [6.45, 7) is 2.01. The first-order valence-corrected chi connectivity index (χ1v) is 13.3. The molecule has 10 heteroatoms. The second-order valence-corrected chi connectivity index (χ2v) is 9.92. The van der Waals surface area contributed by atoms with Gasteiger partial charge in [0.05, 0.1) is 17.7 Å². The largest absolute Gasteiger partial charge is 0.496 e. The molecule has 2 aliphatic rings. The van der Waals surface area contributed by atoms with E-state index in [1.165, 1.54) is 36.9 Å². The number of ether oxygens (including phenoxy) is 1. The number of likely N-dealkylation sites (tertiary alicyclic amines) is 1. The lowest BCUT2D eigenvalue weighted by Gasteiger charge is -2.31. The van der Waals surface area contributed by atoms with Gasteiger partial charge < -0.3 is 15.0 Å². The predicted octanol–water partition coefficient (Wildman–Crippen LogP) is 4.01. The second kappa shape index (κ2) is 12.5. The highest BCUT2D eigenvalue weighted by Crippen LogP contribution is 2.30. The van der Waals surface area contributed by atoms with E-state index in [0.717, 1.165) is 37.1 Å². The van der Waals surface area contributed by atoms with Gasteiger partial charge in [0.15, 0.2) is 0 Å². The molecule has 0 atom stereocenters. The van der Waals surface area contributed by atoms with Crippen LogP contribution in [0.1, 0.15) is 76.7 Å². The maximum Gasteiger partial charge on any atom is 0.317 e. The summed E-state index contributed by atoms with van der Waals surface area (Å²) in [6, 6.07) is 6.76. The summed E-state index contributed by atoms with van der Waals surface area (Å²) in [6.07, 6.45) is 9.71. The Balaban J connectivity index is 1.21. The van der Waals surface area contributed by atoms with Gasteiger partial charge in [0, 0.05) is 30.9 Å². The molecule has 3 N–H and O–H groups in total. The summed E-state index contributed by atoms with van der Waals surface area (Å²) in [5.41, 5.74) is 6.86. The standard InChI is InChI=1S/C26H33N5O4S/c1-35-22-10-6-5-9-20(22)23(32)29-30-24(33)21-17-36-25(28-21)19-12-15-31(16-13-19)26(34)27-14-11-18-7-3-2-4-8-18/h5-7,9-10,17,19H,2-4,8,11-16H2,1H3,(H,27,34)(H,29,32)(H,30,33). The lowest BCUT2D eigenvalue weighted by atomic mass is 9.97. The molecule has 192 valence electrons. The van der Waals surface area contributed by atoms with Crippen LogP contribution in [0.2, 0.25) is 0 Å². The summed E-state index contributed by atoms with van der Waals surface area (Å²) in [5, 5.41) is 5.62. The Morgan fingerprint density at radius 1 is 1.11 bits per heavy atom. The van der Waals surface area contributed by atoms with E-state index in [1.54, 1.807) is 29.6 Å². The third kappa shape index (κ3) is 6.63. The number of hydrogen-bond acceptors (Lipinski definition) is 6. The minimum atomic E-state index is -0.481. The van der Waals surface area contributed by atoms with Gasteiger partial charge in [-0.05, 0) is 57.1 Å². The molecule has 1 saturated heterocycles. The van der Waals surface area contributed by atoms with Gasteiger partial charge in [0.25, 0.3) is 11.8 Å². The quantitative estimate of drug-likeness (QED) is 0.384. The number of carbonyl (C=O) groups is 3. The van der Waals surface area contributed by atoms with Crippen LogP contribution >= 0.6 is 11.3 Å². The van der Waals surface area contributed by atoms with Crippen LogP contribution in [-0.4, -0.2) is 54.5 Å². The average Bonchev–Trinajstić information content (AvgIpc) is 3.43. The smallest absolute Gasteiger partial charge is 0.317 e. The van der Waals surface area contributed by atoms with Crippen molar-refractivity contribution in [3.8, 4) is 5.75 Å². The molecule has 0 spiro atoms. The fraction of sp³-hybridized carbons (Fsp3) is 0.462. The maximum absolute atomic E-state index is 12.5. The topological polar surface area (TPSA) is 113 Å². The Labute approximate surface area is 215 Å². The Kier molecular flexibility index (Phi) is 8.94. The van der Waals surface area contributed by atoms with Crippen LogP contribution < -0.4 is 20.9 Å². The molecule has 9 nitrogen and oxygen atoms in total. The number of aromatic nitrogens is 1. The number of para-hydroxylation sites is 1. The van der Waals surface area contributed by atoms with E-state index in [1.807, 2.05) is 4.90 Å². The molecule has 0 unspecified atom stereocenters. The number of rotatable bonds is 7. The van der Waals surface area contributed by atoms with Gasteiger partial charge in [-0.3, -0.25) is 20.4 Å². The number of piperidine rings is 1. The highest BCUT2D eigenvalue weighted by molar-refractivity contribution is 7.09. The third-order valence-electron chi connectivity index (χ3n) is 6.63. The van der Waals surface area contributed by atoms with Crippen LogP contribution in [0.4, 0.5) is 4.79 Å². The van der Waals surface area contributed by atoms with Crippen molar-refractivity contribution >= 4 is 29.2 Å². The van der Waals surface area contributed by atoms with Crippen LogP contribution in [0.15, 0.2) is 41.3 Å². The van der Waals surface area contributed by atoms with E-state index in [9.17, 15) is 14.4 Å². The zero-order chi connectivity index (χ0) is 25.3. The minimum absolute atomic E-state index is 0.00477. The van der Waals surface area contributed by atoms with Crippen molar-refractivity contribution in [1.29, 1.82) is 0 Å². The van der Waals surface area contributed by atoms with Gasteiger partial charge in [-0.1, -0.05) is 23.8 Å². The van der Waals surface area contributed by atoms with Crippen LogP contribution in [0, 0.1) is 0 Å². The van der Waals surface area contributed by atoms with E-state index in [4.69, 9.17) is 4.74 Å². The van der Waals surface area contributed by atoms with Gasteiger partial charge >= 0.3 is 6.03 Å².